The van der Waals surface area contributed by atoms with Crippen molar-refractivity contribution in [3.63, 3.8) is 0 Å². The summed E-state index contributed by atoms with van der Waals surface area (Å²) in [5.74, 6) is -2.31. The zero-order chi connectivity index (χ0) is 25.0. The van der Waals surface area contributed by atoms with Crippen LogP contribution < -0.4 is 10.6 Å². The summed E-state index contributed by atoms with van der Waals surface area (Å²) in [6, 6.07) is 11.6. The molecule has 1 aromatic carbocycles. The summed E-state index contributed by atoms with van der Waals surface area (Å²) < 4.78 is 29.7. The molecule has 2 aliphatic rings. The molecule has 0 spiro atoms. The molecule has 2 aliphatic heterocycles. The summed E-state index contributed by atoms with van der Waals surface area (Å²) in [7, 11) is 1.73. The minimum atomic E-state index is -2.58. The first-order valence-corrected chi connectivity index (χ1v) is 11.4. The van der Waals surface area contributed by atoms with Crippen molar-refractivity contribution in [1.82, 2.24) is 29.4 Å². The number of halogens is 2. The number of nitrogens with zero attached hydrogens (tertiary/aromatic N) is 7. The summed E-state index contributed by atoms with van der Waals surface area (Å²) in [5, 5.41) is 8.38. The average molecular weight is 487 g/mol. The van der Waals surface area contributed by atoms with Gasteiger partial charge < -0.3 is 10.6 Å². The second kappa shape index (κ2) is 10.3. The molecule has 4 heterocycles. The van der Waals surface area contributed by atoms with Crippen molar-refractivity contribution < 1.29 is 18.4 Å². The van der Waals surface area contributed by atoms with Crippen LogP contribution in [0.5, 0.6) is 0 Å². The van der Waals surface area contributed by atoms with E-state index in [4.69, 9.17) is 5.73 Å². The van der Waals surface area contributed by atoms with Crippen molar-refractivity contribution in [1.29, 1.82) is 0 Å². The van der Waals surface area contributed by atoms with E-state index in [2.05, 4.69) is 15.2 Å². The number of likely N-dealkylation sites (tertiary alicyclic amines) is 1. The lowest BCUT2D eigenvalue weighted by molar-refractivity contribution is -0.118. The van der Waals surface area contributed by atoms with Crippen LogP contribution in [-0.2, 0) is 24.4 Å². The van der Waals surface area contributed by atoms with Crippen LogP contribution in [0.15, 0.2) is 42.7 Å². The first-order valence-electron chi connectivity index (χ1n) is 11.4. The molecule has 1 saturated heterocycles. The minimum absolute atomic E-state index is 0.0472. The summed E-state index contributed by atoms with van der Waals surface area (Å²) in [4.78, 5) is 29.6. The second-order valence-electron chi connectivity index (χ2n) is 8.71. The highest BCUT2D eigenvalue weighted by atomic mass is 19.3. The number of benzene rings is 1. The Morgan fingerprint density at radius 1 is 1.14 bits per heavy atom. The van der Waals surface area contributed by atoms with Crippen LogP contribution >= 0.6 is 0 Å². The number of aromatic nitrogens is 5. The van der Waals surface area contributed by atoms with Crippen LogP contribution in [0.25, 0.3) is 0 Å². The number of nitrogens with two attached hydrogens (primary N) is 1. The van der Waals surface area contributed by atoms with E-state index in [0.717, 1.165) is 23.5 Å². The molecular weight excluding hydrogens is 458 g/mol. The summed E-state index contributed by atoms with van der Waals surface area (Å²) >= 11 is 0. The summed E-state index contributed by atoms with van der Waals surface area (Å²) in [5.41, 5.74) is 6.89. The first-order chi connectivity index (χ1) is 16.7. The SMILES string of the molecule is CN1C(=O)CCCn2nc(CN3CCC(F)(F)C3)cc21.NC(=O)c1ncn(Cc2ccccc2)n1. The van der Waals surface area contributed by atoms with Gasteiger partial charge in [-0.05, 0) is 12.0 Å². The van der Waals surface area contributed by atoms with Gasteiger partial charge in [-0.25, -0.2) is 23.1 Å². The van der Waals surface area contributed by atoms with Crippen LogP contribution in [0.4, 0.5) is 14.6 Å². The van der Waals surface area contributed by atoms with Gasteiger partial charge >= 0.3 is 0 Å². The zero-order valence-electron chi connectivity index (χ0n) is 19.5. The zero-order valence-corrected chi connectivity index (χ0v) is 19.5. The van der Waals surface area contributed by atoms with E-state index in [-0.39, 0.29) is 24.7 Å². The van der Waals surface area contributed by atoms with Crippen molar-refractivity contribution in [2.45, 2.75) is 44.8 Å². The average Bonchev–Trinajstić information content (AvgIpc) is 3.51. The molecule has 2 amide bonds. The van der Waals surface area contributed by atoms with Crippen LogP contribution in [0.2, 0.25) is 0 Å². The Morgan fingerprint density at radius 3 is 2.57 bits per heavy atom. The minimum Gasteiger partial charge on any atom is -0.363 e. The van der Waals surface area contributed by atoms with Gasteiger partial charge in [-0.15, -0.1) is 5.10 Å². The molecule has 186 valence electrons. The van der Waals surface area contributed by atoms with E-state index < -0.39 is 11.8 Å². The number of aryl methyl sites for hydroxylation is 1. The number of carbonyl (C=O) groups excluding carboxylic acids is 2. The van der Waals surface area contributed by atoms with Crippen molar-refractivity contribution in [3.05, 3.63) is 59.8 Å². The van der Waals surface area contributed by atoms with E-state index in [9.17, 15) is 18.4 Å². The lowest BCUT2D eigenvalue weighted by Gasteiger charge is -2.14. The van der Waals surface area contributed by atoms with Crippen molar-refractivity contribution in [3.8, 4) is 0 Å². The third kappa shape index (κ3) is 6.27. The Bertz CT molecular complexity index is 1180. The molecule has 2 aromatic heterocycles. The van der Waals surface area contributed by atoms with E-state index in [1.807, 2.05) is 36.4 Å². The predicted octanol–water partition coefficient (Wildman–Crippen LogP) is 1.91. The maximum atomic E-state index is 13.2. The van der Waals surface area contributed by atoms with E-state index >= 15 is 0 Å². The van der Waals surface area contributed by atoms with E-state index in [0.29, 0.717) is 32.6 Å². The number of carbonyl (C=O) groups is 2. The summed E-state index contributed by atoms with van der Waals surface area (Å²) in [6.45, 7) is 1.88. The largest absolute Gasteiger partial charge is 0.363 e. The van der Waals surface area contributed by atoms with Gasteiger partial charge in [0.15, 0.2) is 0 Å². The van der Waals surface area contributed by atoms with Gasteiger partial charge in [0.2, 0.25) is 11.7 Å². The lowest BCUT2D eigenvalue weighted by atomic mass is 10.2. The fourth-order valence-corrected chi connectivity index (χ4v) is 4.07. The summed E-state index contributed by atoms with van der Waals surface area (Å²) in [6.07, 6.45) is 2.69. The molecular formula is C23H28F2N8O2. The normalized spacial score (nSPS) is 17.5. The van der Waals surface area contributed by atoms with Crippen molar-refractivity contribution >= 4 is 17.6 Å². The molecule has 12 heteroatoms. The van der Waals surface area contributed by atoms with Crippen LogP contribution in [0.1, 0.15) is 41.1 Å². The maximum absolute atomic E-state index is 13.2. The quantitative estimate of drug-likeness (QED) is 0.589. The molecule has 3 aromatic rings. The Kier molecular flexibility index (Phi) is 7.20. The van der Waals surface area contributed by atoms with Gasteiger partial charge in [-0.2, -0.15) is 5.10 Å². The van der Waals surface area contributed by atoms with E-state index in [1.165, 1.54) is 6.33 Å². The van der Waals surface area contributed by atoms with E-state index in [1.54, 1.807) is 26.2 Å². The number of primary amides is 1. The number of amides is 2. The van der Waals surface area contributed by atoms with Crippen LogP contribution in [0.3, 0.4) is 0 Å². The highest BCUT2D eigenvalue weighted by Crippen LogP contribution is 2.28. The lowest BCUT2D eigenvalue weighted by Crippen LogP contribution is -2.25. The predicted molar refractivity (Wildman–Crippen MR) is 124 cm³/mol. The third-order valence-corrected chi connectivity index (χ3v) is 5.87. The molecule has 1 fully saturated rings. The third-order valence-electron chi connectivity index (χ3n) is 5.87. The monoisotopic (exact) mass is 486 g/mol. The fraction of sp³-hybridized carbons (Fsp3) is 0.435. The maximum Gasteiger partial charge on any atom is 0.288 e. The van der Waals surface area contributed by atoms with Gasteiger partial charge in [-0.1, -0.05) is 30.3 Å². The van der Waals surface area contributed by atoms with Gasteiger partial charge in [0.05, 0.1) is 18.8 Å². The highest BCUT2D eigenvalue weighted by molar-refractivity contribution is 5.92. The van der Waals surface area contributed by atoms with Crippen LogP contribution in [-0.4, -0.2) is 67.3 Å². The van der Waals surface area contributed by atoms with Crippen LogP contribution in [0, 0.1) is 0 Å². The number of alkyl halides is 2. The topological polar surface area (TPSA) is 115 Å². The van der Waals surface area contributed by atoms with Gasteiger partial charge in [-0.3, -0.25) is 14.5 Å². The Hall–Kier alpha value is -3.67. The molecule has 2 N–H and O–H groups in total. The molecule has 5 rings (SSSR count). The number of fused-ring (bicyclic) bond motifs is 1. The smallest absolute Gasteiger partial charge is 0.288 e. The standard InChI is InChI=1S/C13H18F2N4O.C10H10N4O/c1-17-11-7-10(8-18-6-4-13(14,15)9-18)16-19(11)5-2-3-12(17)20;11-9(15)10-12-7-14(13-10)6-8-4-2-1-3-5-8/h7H,2-6,8-9H2,1H3;1-5,7H,6H2,(H2,11,15). The molecule has 0 radical (unpaired) electrons. The van der Waals surface area contributed by atoms with Gasteiger partial charge in [0, 0.05) is 45.6 Å². The van der Waals surface area contributed by atoms with Crippen molar-refractivity contribution in [2.75, 3.05) is 25.0 Å². The number of anilines is 1. The Morgan fingerprint density at radius 2 is 1.91 bits per heavy atom. The molecule has 35 heavy (non-hydrogen) atoms. The number of hydrogen-bond acceptors (Lipinski definition) is 6. The van der Waals surface area contributed by atoms with Gasteiger partial charge in [0.25, 0.3) is 11.8 Å². The number of hydrogen-bond donors (Lipinski definition) is 1. The molecule has 0 unspecified atom stereocenters. The first kappa shape index (κ1) is 24.5. The Balaban J connectivity index is 0.000000172. The van der Waals surface area contributed by atoms with Crippen molar-refractivity contribution in [2.24, 2.45) is 5.73 Å². The fourth-order valence-electron chi connectivity index (χ4n) is 4.07. The van der Waals surface area contributed by atoms with Gasteiger partial charge in [0.1, 0.15) is 12.1 Å². The molecule has 0 aliphatic carbocycles. The Labute approximate surface area is 201 Å². The number of rotatable bonds is 5. The second-order valence-corrected chi connectivity index (χ2v) is 8.71. The molecule has 10 nitrogen and oxygen atoms in total. The molecule has 0 bridgehead atoms. The highest BCUT2D eigenvalue weighted by Gasteiger charge is 2.38. The molecule has 0 saturated carbocycles. The molecule has 0 atom stereocenters.